The van der Waals surface area contributed by atoms with Gasteiger partial charge in [0.15, 0.2) is 5.11 Å². The first-order chi connectivity index (χ1) is 15.0. The number of amides is 1. The molecule has 31 heavy (non-hydrogen) atoms. The van der Waals surface area contributed by atoms with Gasteiger partial charge in [-0.3, -0.25) is 9.69 Å². The van der Waals surface area contributed by atoms with E-state index in [-0.39, 0.29) is 11.9 Å². The van der Waals surface area contributed by atoms with Crippen molar-refractivity contribution in [2.75, 3.05) is 7.11 Å². The number of methoxy groups -OCH3 is 1. The highest BCUT2D eigenvalue weighted by Gasteiger charge is 2.36. The average molecular weight is 501 g/mol. The van der Waals surface area contributed by atoms with Gasteiger partial charge in [-0.05, 0) is 73.1 Å². The summed E-state index contributed by atoms with van der Waals surface area (Å²) < 4.78 is 12.4. The number of ether oxygens (including phenoxy) is 2. The summed E-state index contributed by atoms with van der Waals surface area (Å²) in [5.41, 5.74) is 2.30. The Morgan fingerprint density at radius 1 is 1.16 bits per heavy atom. The molecule has 162 valence electrons. The second-order valence-electron chi connectivity index (χ2n) is 7.77. The highest BCUT2D eigenvalue weighted by atomic mass is 79.9. The fourth-order valence-electron chi connectivity index (χ4n) is 4.08. The number of thiocarbonyl (C=S) groups is 1. The van der Waals surface area contributed by atoms with Crippen LogP contribution in [-0.4, -0.2) is 29.1 Å². The fourth-order valence-corrected chi connectivity index (χ4v) is 4.69. The van der Waals surface area contributed by atoms with Crippen LogP contribution in [0.15, 0.2) is 52.6 Å². The lowest BCUT2D eigenvalue weighted by atomic mass is 9.94. The van der Waals surface area contributed by atoms with Gasteiger partial charge in [0.1, 0.15) is 23.8 Å². The van der Waals surface area contributed by atoms with E-state index in [2.05, 4.69) is 21.2 Å². The summed E-state index contributed by atoms with van der Waals surface area (Å²) in [5.74, 6) is 1.47. The van der Waals surface area contributed by atoms with Gasteiger partial charge in [0, 0.05) is 16.1 Å². The molecule has 7 heteroatoms. The van der Waals surface area contributed by atoms with E-state index in [1.165, 1.54) is 6.42 Å². The molecular weight excluding hydrogens is 476 g/mol. The van der Waals surface area contributed by atoms with E-state index in [4.69, 9.17) is 21.7 Å². The summed E-state index contributed by atoms with van der Waals surface area (Å²) in [7, 11) is 1.64. The standard InChI is InChI=1S/C24H25BrN2O3S/c1-29-22-12-7-16(13-17(22)15-30-20-10-8-18(25)9-11-20)14-21-23(28)27(24(31)26-21)19-5-3-2-4-6-19/h7-14,19H,2-6,15H2,1H3,(H,26,31)/b21-14+. The first-order valence-electron chi connectivity index (χ1n) is 10.5. The molecule has 0 unspecified atom stereocenters. The summed E-state index contributed by atoms with van der Waals surface area (Å²) in [6, 6.07) is 13.7. The highest BCUT2D eigenvalue weighted by Crippen LogP contribution is 2.28. The van der Waals surface area contributed by atoms with E-state index >= 15 is 0 Å². The van der Waals surface area contributed by atoms with Gasteiger partial charge < -0.3 is 14.8 Å². The molecule has 0 atom stereocenters. The van der Waals surface area contributed by atoms with Crippen molar-refractivity contribution in [1.29, 1.82) is 0 Å². The first-order valence-corrected chi connectivity index (χ1v) is 11.7. The van der Waals surface area contributed by atoms with Gasteiger partial charge in [0.2, 0.25) is 0 Å². The molecule has 0 radical (unpaired) electrons. The number of nitrogens with zero attached hydrogens (tertiary/aromatic N) is 1. The molecule has 2 aromatic rings. The van der Waals surface area contributed by atoms with Crippen molar-refractivity contribution in [2.45, 2.75) is 44.8 Å². The van der Waals surface area contributed by atoms with E-state index in [1.807, 2.05) is 48.5 Å². The fraction of sp³-hybridized carbons (Fsp3) is 0.333. The van der Waals surface area contributed by atoms with Gasteiger partial charge >= 0.3 is 0 Å². The van der Waals surface area contributed by atoms with Crippen molar-refractivity contribution in [3.63, 3.8) is 0 Å². The van der Waals surface area contributed by atoms with Gasteiger partial charge in [-0.15, -0.1) is 0 Å². The van der Waals surface area contributed by atoms with Crippen LogP contribution in [0, 0.1) is 0 Å². The number of nitrogens with one attached hydrogen (secondary N) is 1. The van der Waals surface area contributed by atoms with E-state index in [9.17, 15) is 4.79 Å². The molecule has 5 nitrogen and oxygen atoms in total. The molecule has 1 saturated carbocycles. The van der Waals surface area contributed by atoms with Gasteiger partial charge in [0.05, 0.1) is 7.11 Å². The quantitative estimate of drug-likeness (QED) is 0.423. The van der Waals surface area contributed by atoms with Gasteiger partial charge in [-0.2, -0.15) is 0 Å². The minimum atomic E-state index is -0.0413. The van der Waals surface area contributed by atoms with E-state index < -0.39 is 0 Å². The molecule has 2 fully saturated rings. The zero-order valence-corrected chi connectivity index (χ0v) is 19.8. The molecule has 1 amide bonds. The Morgan fingerprint density at radius 2 is 1.90 bits per heavy atom. The third-order valence-corrected chi connectivity index (χ3v) is 6.50. The van der Waals surface area contributed by atoms with Crippen LogP contribution in [0.4, 0.5) is 0 Å². The monoisotopic (exact) mass is 500 g/mol. The lowest BCUT2D eigenvalue weighted by Gasteiger charge is -2.29. The number of hydrogen-bond acceptors (Lipinski definition) is 4. The van der Waals surface area contributed by atoms with Crippen LogP contribution in [0.25, 0.3) is 6.08 Å². The van der Waals surface area contributed by atoms with Crippen molar-refractivity contribution in [3.8, 4) is 11.5 Å². The smallest absolute Gasteiger partial charge is 0.276 e. The maximum Gasteiger partial charge on any atom is 0.276 e. The van der Waals surface area contributed by atoms with E-state index in [1.54, 1.807) is 12.0 Å². The predicted molar refractivity (Wildman–Crippen MR) is 129 cm³/mol. The molecule has 1 aliphatic heterocycles. The third-order valence-electron chi connectivity index (χ3n) is 5.67. The molecule has 4 rings (SSSR count). The Bertz CT molecular complexity index is 1000. The second-order valence-corrected chi connectivity index (χ2v) is 9.07. The van der Waals surface area contributed by atoms with Crippen molar-refractivity contribution >= 4 is 45.2 Å². The number of hydrogen-bond donors (Lipinski definition) is 1. The van der Waals surface area contributed by atoms with Crippen LogP contribution < -0.4 is 14.8 Å². The highest BCUT2D eigenvalue weighted by molar-refractivity contribution is 9.10. The lowest BCUT2D eigenvalue weighted by Crippen LogP contribution is -2.41. The summed E-state index contributed by atoms with van der Waals surface area (Å²) in [4.78, 5) is 14.8. The molecule has 1 saturated heterocycles. The minimum Gasteiger partial charge on any atom is -0.496 e. The molecule has 2 aromatic carbocycles. The SMILES string of the molecule is COc1ccc(/C=C2/NC(=S)N(C3CCCCC3)C2=O)cc1COc1ccc(Br)cc1. The largest absolute Gasteiger partial charge is 0.496 e. The summed E-state index contributed by atoms with van der Waals surface area (Å²) in [5, 5.41) is 3.62. The Hall–Kier alpha value is -2.38. The van der Waals surface area contributed by atoms with E-state index in [0.717, 1.165) is 52.8 Å². The number of carbonyl (C=O) groups is 1. The first kappa shape index (κ1) is 21.8. The molecular formula is C24H25BrN2O3S. The topological polar surface area (TPSA) is 50.8 Å². The van der Waals surface area contributed by atoms with Gasteiger partial charge in [-0.1, -0.05) is 41.3 Å². The molecule has 0 spiro atoms. The molecule has 1 aliphatic carbocycles. The summed E-state index contributed by atoms with van der Waals surface area (Å²) in [6.07, 6.45) is 7.41. The molecule has 1 N–H and O–H groups in total. The normalized spacial score (nSPS) is 18.4. The predicted octanol–water partition coefficient (Wildman–Crippen LogP) is 5.43. The molecule has 1 heterocycles. The van der Waals surface area contributed by atoms with Crippen LogP contribution in [0.1, 0.15) is 43.2 Å². The van der Waals surface area contributed by atoms with Crippen LogP contribution in [-0.2, 0) is 11.4 Å². The van der Waals surface area contributed by atoms with Crippen LogP contribution in [0.2, 0.25) is 0 Å². The van der Waals surface area contributed by atoms with Crippen LogP contribution in [0.5, 0.6) is 11.5 Å². The third kappa shape index (κ3) is 5.10. The number of rotatable bonds is 6. The lowest BCUT2D eigenvalue weighted by molar-refractivity contribution is -0.124. The maximum absolute atomic E-state index is 13.0. The van der Waals surface area contributed by atoms with Crippen molar-refractivity contribution < 1.29 is 14.3 Å². The Balaban J connectivity index is 1.52. The van der Waals surface area contributed by atoms with Crippen molar-refractivity contribution in [3.05, 3.63) is 63.8 Å². The van der Waals surface area contributed by atoms with Crippen LogP contribution in [0.3, 0.4) is 0 Å². The number of carbonyl (C=O) groups excluding carboxylic acids is 1. The summed E-state index contributed by atoms with van der Waals surface area (Å²) in [6.45, 7) is 0.357. The summed E-state index contributed by atoms with van der Waals surface area (Å²) >= 11 is 8.90. The Morgan fingerprint density at radius 3 is 2.61 bits per heavy atom. The van der Waals surface area contributed by atoms with Crippen molar-refractivity contribution in [1.82, 2.24) is 10.2 Å². The number of halogens is 1. The van der Waals surface area contributed by atoms with Crippen LogP contribution >= 0.6 is 28.1 Å². The van der Waals surface area contributed by atoms with Gasteiger partial charge in [0.25, 0.3) is 5.91 Å². The number of benzene rings is 2. The maximum atomic E-state index is 13.0. The zero-order chi connectivity index (χ0) is 21.8. The zero-order valence-electron chi connectivity index (χ0n) is 17.4. The molecule has 0 bridgehead atoms. The molecule has 0 aromatic heterocycles. The minimum absolute atomic E-state index is 0.0413. The van der Waals surface area contributed by atoms with E-state index in [0.29, 0.717) is 17.4 Å². The Labute approximate surface area is 196 Å². The second kappa shape index (κ2) is 9.83. The molecule has 2 aliphatic rings. The van der Waals surface area contributed by atoms with Crippen molar-refractivity contribution in [2.24, 2.45) is 0 Å². The average Bonchev–Trinajstić information content (AvgIpc) is 3.06. The Kier molecular flexibility index (Phi) is 6.92. The van der Waals surface area contributed by atoms with Gasteiger partial charge in [-0.25, -0.2) is 0 Å².